The van der Waals surface area contributed by atoms with Crippen LogP contribution in [0.15, 0.2) is 0 Å². The Morgan fingerprint density at radius 3 is 1.78 bits per heavy atom. The van der Waals surface area contributed by atoms with Gasteiger partial charge in [0.25, 0.3) is 0 Å². The van der Waals surface area contributed by atoms with Gasteiger partial charge in [0.1, 0.15) is 0 Å². The van der Waals surface area contributed by atoms with E-state index < -0.39 is 0 Å². The number of hydrogen-bond donors (Lipinski definition) is 0. The molecule has 0 aromatic heterocycles. The first-order chi connectivity index (χ1) is 8.16. The normalized spacial score (nSPS) is 44.3. The summed E-state index contributed by atoms with van der Waals surface area (Å²) in [7, 11) is 0. The first-order valence-electron chi connectivity index (χ1n) is 8.16. The van der Waals surface area contributed by atoms with Gasteiger partial charge >= 0.3 is 0 Å². The van der Waals surface area contributed by atoms with Crippen molar-refractivity contribution in [3.05, 3.63) is 0 Å². The molecule has 2 rings (SSSR count). The van der Waals surface area contributed by atoms with Crippen LogP contribution in [0.25, 0.3) is 0 Å². The quantitative estimate of drug-likeness (QED) is 0.557. The fourth-order valence-electron chi connectivity index (χ4n) is 5.63. The van der Waals surface area contributed by atoms with E-state index in [-0.39, 0.29) is 0 Å². The molecule has 2 saturated carbocycles. The second-order valence-corrected chi connectivity index (χ2v) is 9.20. The zero-order valence-corrected chi connectivity index (χ0v) is 13.7. The molecular formula is C18H34. The summed E-state index contributed by atoms with van der Waals surface area (Å²) in [5, 5.41) is 0. The fourth-order valence-corrected chi connectivity index (χ4v) is 5.63. The second-order valence-electron chi connectivity index (χ2n) is 9.20. The minimum atomic E-state index is 0.527. The van der Waals surface area contributed by atoms with Crippen LogP contribution in [0, 0.1) is 21.7 Å². The molecule has 0 saturated heterocycles. The maximum absolute atomic E-state index is 2.57. The lowest BCUT2D eigenvalue weighted by molar-refractivity contribution is -0.00509. The summed E-state index contributed by atoms with van der Waals surface area (Å²) in [5.74, 6) is 0. The van der Waals surface area contributed by atoms with Crippen LogP contribution in [0.3, 0.4) is 0 Å². The molecule has 0 nitrogen and oxygen atoms in total. The predicted molar refractivity (Wildman–Crippen MR) is 80.7 cm³/mol. The number of hydrogen-bond acceptors (Lipinski definition) is 0. The highest BCUT2D eigenvalue weighted by Gasteiger charge is 2.54. The molecule has 0 aromatic rings. The Hall–Kier alpha value is 0. The standard InChI is InChI=1S/C18H34/c1-7-15(3,4)11-18(8-2)13-16(5)9-10-17(6,12-16)14-18/h7-14H2,1-6H3. The molecule has 0 amide bonds. The molecule has 0 N–H and O–H groups in total. The van der Waals surface area contributed by atoms with Gasteiger partial charge in [0, 0.05) is 0 Å². The van der Waals surface area contributed by atoms with Crippen LogP contribution in [0.2, 0.25) is 0 Å². The lowest BCUT2D eigenvalue weighted by atomic mass is 9.54. The molecule has 2 bridgehead atoms. The van der Waals surface area contributed by atoms with Gasteiger partial charge in [-0.05, 0) is 60.2 Å². The zero-order valence-electron chi connectivity index (χ0n) is 13.7. The van der Waals surface area contributed by atoms with E-state index in [1.807, 2.05) is 0 Å². The molecule has 0 radical (unpaired) electrons. The van der Waals surface area contributed by atoms with E-state index in [9.17, 15) is 0 Å². The molecule has 2 unspecified atom stereocenters. The molecule has 2 aliphatic rings. The van der Waals surface area contributed by atoms with E-state index in [4.69, 9.17) is 0 Å². The molecule has 0 heterocycles. The van der Waals surface area contributed by atoms with Crippen molar-refractivity contribution in [2.75, 3.05) is 0 Å². The zero-order chi connectivity index (χ0) is 13.7. The van der Waals surface area contributed by atoms with E-state index >= 15 is 0 Å². The smallest absolute Gasteiger partial charge is 0.0285 e. The minimum absolute atomic E-state index is 0.527. The molecule has 0 heteroatoms. The fraction of sp³-hybridized carbons (Fsp3) is 1.00. The molecule has 18 heavy (non-hydrogen) atoms. The Kier molecular flexibility index (Phi) is 3.40. The molecular weight excluding hydrogens is 216 g/mol. The van der Waals surface area contributed by atoms with Crippen LogP contribution in [0.4, 0.5) is 0 Å². The number of fused-ring (bicyclic) bond motifs is 2. The van der Waals surface area contributed by atoms with Crippen LogP contribution in [-0.4, -0.2) is 0 Å². The van der Waals surface area contributed by atoms with Gasteiger partial charge in [0.05, 0.1) is 0 Å². The average molecular weight is 250 g/mol. The van der Waals surface area contributed by atoms with Crippen molar-refractivity contribution < 1.29 is 0 Å². The Labute approximate surface area is 115 Å². The molecule has 106 valence electrons. The third kappa shape index (κ3) is 2.63. The van der Waals surface area contributed by atoms with Gasteiger partial charge in [-0.3, -0.25) is 0 Å². The van der Waals surface area contributed by atoms with Crippen molar-refractivity contribution in [1.82, 2.24) is 0 Å². The Morgan fingerprint density at radius 2 is 1.39 bits per heavy atom. The van der Waals surface area contributed by atoms with Gasteiger partial charge in [-0.2, -0.15) is 0 Å². The van der Waals surface area contributed by atoms with Gasteiger partial charge < -0.3 is 0 Å². The lowest BCUT2D eigenvalue weighted by Crippen LogP contribution is -2.40. The molecule has 2 fully saturated rings. The topological polar surface area (TPSA) is 0 Å². The average Bonchev–Trinajstić information content (AvgIpc) is 2.47. The van der Waals surface area contributed by atoms with Crippen LogP contribution >= 0.6 is 0 Å². The highest BCUT2D eigenvalue weighted by Crippen LogP contribution is 2.66. The van der Waals surface area contributed by atoms with Crippen LogP contribution in [0.5, 0.6) is 0 Å². The molecule has 2 atom stereocenters. The summed E-state index contributed by atoms with van der Waals surface area (Å²) in [4.78, 5) is 0. The van der Waals surface area contributed by atoms with E-state index in [1.165, 1.54) is 51.4 Å². The van der Waals surface area contributed by atoms with Crippen LogP contribution in [0.1, 0.15) is 92.9 Å². The Morgan fingerprint density at radius 1 is 0.889 bits per heavy atom. The van der Waals surface area contributed by atoms with Crippen molar-refractivity contribution in [3.63, 3.8) is 0 Å². The first kappa shape index (κ1) is 14.4. The molecule has 0 spiro atoms. The summed E-state index contributed by atoms with van der Waals surface area (Å²) in [5.41, 5.74) is 2.48. The van der Waals surface area contributed by atoms with Gasteiger partial charge in [-0.1, -0.05) is 54.4 Å². The molecule has 0 aromatic carbocycles. The van der Waals surface area contributed by atoms with Gasteiger partial charge in [0.15, 0.2) is 0 Å². The number of rotatable bonds is 4. The lowest BCUT2D eigenvalue weighted by Gasteiger charge is -2.51. The van der Waals surface area contributed by atoms with Gasteiger partial charge in [-0.15, -0.1) is 0 Å². The first-order valence-corrected chi connectivity index (χ1v) is 8.16. The van der Waals surface area contributed by atoms with Gasteiger partial charge in [0.2, 0.25) is 0 Å². The van der Waals surface area contributed by atoms with E-state index in [1.54, 1.807) is 0 Å². The maximum atomic E-state index is 2.57. The van der Waals surface area contributed by atoms with Crippen molar-refractivity contribution in [2.45, 2.75) is 92.9 Å². The largest absolute Gasteiger partial charge is 0.0649 e. The predicted octanol–water partition coefficient (Wildman–Crippen LogP) is 6.20. The maximum Gasteiger partial charge on any atom is -0.0285 e. The Balaban J connectivity index is 2.23. The summed E-state index contributed by atoms with van der Waals surface area (Å²) >= 11 is 0. The van der Waals surface area contributed by atoms with Crippen molar-refractivity contribution in [2.24, 2.45) is 21.7 Å². The van der Waals surface area contributed by atoms with Crippen LogP contribution in [-0.2, 0) is 0 Å². The van der Waals surface area contributed by atoms with Crippen LogP contribution < -0.4 is 0 Å². The highest BCUT2D eigenvalue weighted by molar-refractivity contribution is 5.05. The molecule has 2 aliphatic carbocycles. The van der Waals surface area contributed by atoms with E-state index in [0.29, 0.717) is 21.7 Å². The molecule has 0 aliphatic heterocycles. The third-order valence-electron chi connectivity index (χ3n) is 6.35. The summed E-state index contributed by atoms with van der Waals surface area (Å²) in [6, 6.07) is 0. The van der Waals surface area contributed by atoms with Gasteiger partial charge in [-0.25, -0.2) is 0 Å². The van der Waals surface area contributed by atoms with Crippen molar-refractivity contribution in [1.29, 1.82) is 0 Å². The highest BCUT2D eigenvalue weighted by atomic mass is 14.6. The van der Waals surface area contributed by atoms with E-state index in [2.05, 4.69) is 41.5 Å². The summed E-state index contributed by atoms with van der Waals surface area (Å²) < 4.78 is 0. The van der Waals surface area contributed by atoms with E-state index in [0.717, 1.165) is 0 Å². The second kappa shape index (κ2) is 4.25. The van der Waals surface area contributed by atoms with Crippen molar-refractivity contribution in [3.8, 4) is 0 Å². The Bertz CT molecular complexity index is 296. The monoisotopic (exact) mass is 250 g/mol. The minimum Gasteiger partial charge on any atom is -0.0649 e. The van der Waals surface area contributed by atoms with Crippen molar-refractivity contribution >= 4 is 0 Å². The SMILES string of the molecule is CCC(C)(C)CC1(CC)CC2(C)CCC(C)(C2)C1. The third-order valence-corrected chi connectivity index (χ3v) is 6.35. The summed E-state index contributed by atoms with van der Waals surface area (Å²) in [6.07, 6.45) is 11.6. The summed E-state index contributed by atoms with van der Waals surface area (Å²) in [6.45, 7) is 14.9.